The van der Waals surface area contributed by atoms with Crippen molar-refractivity contribution >= 4 is 22.9 Å². The van der Waals surface area contributed by atoms with E-state index in [-0.39, 0.29) is 5.69 Å². The van der Waals surface area contributed by atoms with E-state index in [1.54, 1.807) is 35.0 Å². The fraction of sp³-hybridized carbons (Fsp3) is 0.0667. The van der Waals surface area contributed by atoms with Crippen molar-refractivity contribution in [2.24, 2.45) is 0 Å². The van der Waals surface area contributed by atoms with Gasteiger partial charge in [-0.25, -0.2) is 4.98 Å². The predicted octanol–water partition coefficient (Wildman–Crippen LogP) is 2.26. The van der Waals surface area contributed by atoms with Crippen LogP contribution < -0.4 is 5.32 Å². The molecular formula is C15H9N5OS. The molecule has 0 aliphatic heterocycles. The topological polar surface area (TPSA) is 94.0 Å². The van der Waals surface area contributed by atoms with E-state index in [4.69, 9.17) is 5.26 Å². The highest BCUT2D eigenvalue weighted by molar-refractivity contribution is 7.10. The lowest BCUT2D eigenvalue weighted by atomic mass is 10.2. The number of hydrogen-bond acceptors (Lipinski definition) is 5. The van der Waals surface area contributed by atoms with Crippen molar-refractivity contribution in [2.45, 2.75) is 6.04 Å². The van der Waals surface area contributed by atoms with E-state index >= 15 is 0 Å². The Hall–Kier alpha value is -3.16. The minimum absolute atomic E-state index is 0.232. The maximum Gasteiger partial charge on any atom is 0.256 e. The highest BCUT2D eigenvalue weighted by Crippen LogP contribution is 2.19. The molecule has 3 rings (SSSR count). The van der Waals surface area contributed by atoms with Gasteiger partial charge in [0.2, 0.25) is 0 Å². The molecule has 0 aliphatic rings. The Morgan fingerprint density at radius 1 is 1.36 bits per heavy atom. The zero-order valence-electron chi connectivity index (χ0n) is 11.2. The Morgan fingerprint density at radius 2 is 2.23 bits per heavy atom. The minimum Gasteiger partial charge on any atom is -0.332 e. The summed E-state index contributed by atoms with van der Waals surface area (Å²) in [5.41, 5.74) is 0.940. The maximum atomic E-state index is 12.4. The van der Waals surface area contributed by atoms with Crippen LogP contribution in [0.25, 0.3) is 5.65 Å². The number of carbonyl (C=O) groups excluding carboxylic acids is 1. The fourth-order valence-electron chi connectivity index (χ4n) is 2.08. The van der Waals surface area contributed by atoms with Gasteiger partial charge >= 0.3 is 0 Å². The first kappa shape index (κ1) is 13.8. The zero-order chi connectivity index (χ0) is 15.5. The highest BCUT2D eigenvalue weighted by Gasteiger charge is 2.19. The van der Waals surface area contributed by atoms with Crippen molar-refractivity contribution in [2.75, 3.05) is 0 Å². The van der Waals surface area contributed by atoms with Gasteiger partial charge in [0, 0.05) is 17.3 Å². The molecule has 1 N–H and O–H groups in total. The first-order chi connectivity index (χ1) is 10.7. The Morgan fingerprint density at radius 3 is 2.91 bits per heavy atom. The van der Waals surface area contributed by atoms with E-state index in [2.05, 4.69) is 16.4 Å². The molecule has 1 amide bonds. The minimum atomic E-state index is -0.710. The molecule has 0 bridgehead atoms. The van der Waals surface area contributed by atoms with Crippen LogP contribution in [0.1, 0.15) is 27.0 Å². The second kappa shape index (κ2) is 5.68. The number of hydrogen-bond donors (Lipinski definition) is 1. The molecule has 3 aromatic heterocycles. The Labute approximate surface area is 129 Å². The summed E-state index contributed by atoms with van der Waals surface area (Å²) in [5.74, 6) is -0.402. The Bertz CT molecular complexity index is 914. The molecule has 3 aromatic rings. The molecule has 6 nitrogen and oxygen atoms in total. The van der Waals surface area contributed by atoms with Crippen molar-refractivity contribution in [1.82, 2.24) is 14.7 Å². The summed E-state index contributed by atoms with van der Waals surface area (Å²) in [6.07, 6.45) is 3.26. The summed E-state index contributed by atoms with van der Waals surface area (Å²) in [6, 6.07) is 10.2. The van der Waals surface area contributed by atoms with Crippen LogP contribution in [0.3, 0.4) is 0 Å². The molecule has 0 spiro atoms. The molecule has 0 fully saturated rings. The largest absolute Gasteiger partial charge is 0.332 e. The van der Waals surface area contributed by atoms with E-state index < -0.39 is 11.9 Å². The van der Waals surface area contributed by atoms with Crippen molar-refractivity contribution in [3.63, 3.8) is 0 Å². The van der Waals surface area contributed by atoms with E-state index in [9.17, 15) is 10.1 Å². The average molecular weight is 307 g/mol. The van der Waals surface area contributed by atoms with Crippen molar-refractivity contribution in [3.8, 4) is 12.1 Å². The number of rotatable bonds is 3. The third-order valence-corrected chi connectivity index (χ3v) is 4.01. The lowest BCUT2D eigenvalue weighted by molar-refractivity contribution is 0.0947. The summed E-state index contributed by atoms with van der Waals surface area (Å²) in [5, 5.41) is 22.7. The van der Waals surface area contributed by atoms with Gasteiger partial charge in [0.15, 0.2) is 17.4 Å². The first-order valence-corrected chi connectivity index (χ1v) is 7.22. The number of nitrogens with one attached hydrogen (secondary N) is 1. The van der Waals surface area contributed by atoms with Gasteiger partial charge in [0.25, 0.3) is 5.91 Å². The van der Waals surface area contributed by atoms with Crippen LogP contribution in [-0.4, -0.2) is 15.3 Å². The van der Waals surface area contributed by atoms with Crippen LogP contribution in [0.2, 0.25) is 0 Å². The first-order valence-electron chi connectivity index (χ1n) is 6.34. The van der Waals surface area contributed by atoms with E-state index in [1.165, 1.54) is 11.3 Å². The quantitative estimate of drug-likeness (QED) is 0.803. The van der Waals surface area contributed by atoms with Crippen LogP contribution >= 0.6 is 11.3 Å². The van der Waals surface area contributed by atoms with Gasteiger partial charge in [0.05, 0.1) is 11.6 Å². The molecule has 3 heterocycles. The molecule has 1 atom stereocenters. The fourth-order valence-corrected chi connectivity index (χ4v) is 2.79. The number of carbonyl (C=O) groups is 1. The van der Waals surface area contributed by atoms with Crippen LogP contribution in [0.4, 0.5) is 0 Å². The molecule has 1 unspecified atom stereocenters. The lowest BCUT2D eigenvalue weighted by Crippen LogP contribution is -2.27. The normalized spacial score (nSPS) is 11.5. The Balaban J connectivity index is 1.94. The van der Waals surface area contributed by atoms with E-state index in [0.717, 1.165) is 4.88 Å². The predicted molar refractivity (Wildman–Crippen MR) is 80.0 cm³/mol. The van der Waals surface area contributed by atoms with Crippen LogP contribution in [-0.2, 0) is 0 Å². The standard InChI is InChI=1S/C15H9N5OS/c16-7-10-9-20-5-1-3-11(14(20)18-10)15(21)19-12(8-17)13-4-2-6-22-13/h1-6,9,12H,(H,19,21). The number of nitriles is 2. The van der Waals surface area contributed by atoms with Gasteiger partial charge < -0.3 is 9.72 Å². The Kier molecular flexibility index (Phi) is 3.57. The van der Waals surface area contributed by atoms with Crippen molar-refractivity contribution < 1.29 is 4.79 Å². The summed E-state index contributed by atoms with van der Waals surface area (Å²) < 4.78 is 1.61. The number of aromatic nitrogens is 2. The molecule has 0 radical (unpaired) electrons. The molecule has 0 aliphatic carbocycles. The average Bonchev–Trinajstić information content (AvgIpc) is 3.20. The molecular weight excluding hydrogens is 298 g/mol. The lowest BCUT2D eigenvalue weighted by Gasteiger charge is -2.10. The number of imidazole rings is 1. The second-order valence-corrected chi connectivity index (χ2v) is 5.42. The van der Waals surface area contributed by atoms with Gasteiger partial charge in [-0.15, -0.1) is 11.3 Å². The van der Waals surface area contributed by atoms with Gasteiger partial charge in [0.1, 0.15) is 6.07 Å². The van der Waals surface area contributed by atoms with Gasteiger partial charge in [-0.2, -0.15) is 10.5 Å². The summed E-state index contributed by atoms with van der Waals surface area (Å²) in [7, 11) is 0. The van der Waals surface area contributed by atoms with Gasteiger partial charge in [-0.3, -0.25) is 4.79 Å². The number of amides is 1. The molecule has 7 heteroatoms. The summed E-state index contributed by atoms with van der Waals surface area (Å²) in [6.45, 7) is 0. The van der Waals surface area contributed by atoms with E-state index in [0.29, 0.717) is 11.2 Å². The number of thiophene rings is 1. The maximum absolute atomic E-state index is 12.4. The van der Waals surface area contributed by atoms with E-state index in [1.807, 2.05) is 17.5 Å². The van der Waals surface area contributed by atoms with Crippen molar-refractivity contribution in [3.05, 3.63) is 58.2 Å². The number of fused-ring (bicyclic) bond motifs is 1. The van der Waals surface area contributed by atoms with Crippen LogP contribution in [0.5, 0.6) is 0 Å². The SMILES string of the molecule is N#Cc1cn2cccc(C(=O)NC(C#N)c3cccs3)c2n1. The summed E-state index contributed by atoms with van der Waals surface area (Å²) >= 11 is 1.40. The van der Waals surface area contributed by atoms with Crippen LogP contribution in [0.15, 0.2) is 42.0 Å². The van der Waals surface area contributed by atoms with Crippen LogP contribution in [0, 0.1) is 22.7 Å². The third-order valence-electron chi connectivity index (χ3n) is 3.07. The summed E-state index contributed by atoms with van der Waals surface area (Å²) in [4.78, 5) is 17.3. The monoisotopic (exact) mass is 307 g/mol. The van der Waals surface area contributed by atoms with Crippen molar-refractivity contribution in [1.29, 1.82) is 10.5 Å². The number of nitrogens with zero attached hydrogens (tertiary/aromatic N) is 4. The smallest absolute Gasteiger partial charge is 0.256 e. The molecule has 0 saturated heterocycles. The molecule has 0 aromatic carbocycles. The van der Waals surface area contributed by atoms with Gasteiger partial charge in [-0.05, 0) is 23.6 Å². The number of pyridine rings is 1. The third kappa shape index (κ3) is 2.41. The second-order valence-electron chi connectivity index (χ2n) is 4.44. The molecule has 0 saturated carbocycles. The zero-order valence-corrected chi connectivity index (χ0v) is 12.0. The van der Waals surface area contributed by atoms with Gasteiger partial charge in [-0.1, -0.05) is 6.07 Å². The molecule has 22 heavy (non-hydrogen) atoms. The highest BCUT2D eigenvalue weighted by atomic mass is 32.1. The molecule has 106 valence electrons.